The van der Waals surface area contributed by atoms with Gasteiger partial charge in [0.1, 0.15) is 13.2 Å². The molecular formula is C17H16ClNO3. The van der Waals surface area contributed by atoms with Crippen LogP contribution in [0.3, 0.4) is 0 Å². The highest BCUT2D eigenvalue weighted by atomic mass is 35.5. The number of nitrogens with one attached hydrogen (secondary N) is 1. The van der Waals surface area contributed by atoms with E-state index in [0.29, 0.717) is 35.3 Å². The molecule has 3 rings (SSSR count). The Balaban J connectivity index is 1.74. The summed E-state index contributed by atoms with van der Waals surface area (Å²) in [6.07, 6.45) is 0. The Morgan fingerprint density at radius 3 is 2.68 bits per heavy atom. The molecule has 2 aromatic carbocycles. The Morgan fingerprint density at radius 1 is 1.14 bits per heavy atom. The lowest BCUT2D eigenvalue weighted by Gasteiger charge is -2.19. The van der Waals surface area contributed by atoms with Crippen LogP contribution in [0.1, 0.15) is 28.9 Å². The van der Waals surface area contributed by atoms with Crippen LogP contribution in [-0.4, -0.2) is 19.1 Å². The minimum absolute atomic E-state index is 0.139. The van der Waals surface area contributed by atoms with Gasteiger partial charge in [0.25, 0.3) is 5.91 Å². The van der Waals surface area contributed by atoms with Gasteiger partial charge in [-0.3, -0.25) is 4.79 Å². The van der Waals surface area contributed by atoms with Crippen LogP contribution >= 0.6 is 11.6 Å². The number of carbonyl (C=O) groups excluding carboxylic acids is 1. The molecule has 1 amide bonds. The molecule has 0 radical (unpaired) electrons. The molecule has 114 valence electrons. The fourth-order valence-electron chi connectivity index (χ4n) is 2.32. The monoisotopic (exact) mass is 317 g/mol. The smallest absolute Gasteiger partial charge is 0.251 e. The number of halogens is 1. The summed E-state index contributed by atoms with van der Waals surface area (Å²) in [5.41, 5.74) is 1.50. The zero-order valence-corrected chi connectivity index (χ0v) is 12.9. The van der Waals surface area contributed by atoms with E-state index >= 15 is 0 Å². The van der Waals surface area contributed by atoms with Crippen molar-refractivity contribution < 1.29 is 14.3 Å². The highest BCUT2D eigenvalue weighted by molar-refractivity contribution is 6.30. The van der Waals surface area contributed by atoms with E-state index in [2.05, 4.69) is 5.32 Å². The Labute approximate surface area is 134 Å². The number of hydrogen-bond donors (Lipinski definition) is 1. The minimum Gasteiger partial charge on any atom is -0.486 e. The van der Waals surface area contributed by atoms with E-state index in [9.17, 15) is 4.79 Å². The normalized spacial score (nSPS) is 14.3. The van der Waals surface area contributed by atoms with Crippen LogP contribution in [-0.2, 0) is 0 Å². The van der Waals surface area contributed by atoms with Gasteiger partial charge in [-0.2, -0.15) is 0 Å². The van der Waals surface area contributed by atoms with Gasteiger partial charge in [0, 0.05) is 10.6 Å². The third-order valence-corrected chi connectivity index (χ3v) is 3.74. The predicted octanol–water partition coefficient (Wildman–Crippen LogP) is 3.60. The number of ether oxygens (including phenoxy) is 2. The summed E-state index contributed by atoms with van der Waals surface area (Å²) in [5.74, 6) is 1.12. The lowest BCUT2D eigenvalue weighted by molar-refractivity contribution is 0.0938. The first-order valence-corrected chi connectivity index (χ1v) is 7.47. The van der Waals surface area contributed by atoms with Crippen LogP contribution in [0, 0.1) is 0 Å². The van der Waals surface area contributed by atoms with Gasteiger partial charge in [0.15, 0.2) is 11.5 Å². The number of rotatable bonds is 3. The van der Waals surface area contributed by atoms with Crippen LogP contribution in [0.4, 0.5) is 0 Å². The molecule has 0 aromatic heterocycles. The van der Waals surface area contributed by atoms with Crippen molar-refractivity contribution in [2.75, 3.05) is 13.2 Å². The van der Waals surface area contributed by atoms with Gasteiger partial charge in [-0.15, -0.1) is 0 Å². The van der Waals surface area contributed by atoms with Gasteiger partial charge in [-0.25, -0.2) is 0 Å². The Bertz CT molecular complexity index is 702. The first-order chi connectivity index (χ1) is 10.6. The molecule has 0 spiro atoms. The number of fused-ring (bicyclic) bond motifs is 1. The van der Waals surface area contributed by atoms with Gasteiger partial charge >= 0.3 is 0 Å². The first kappa shape index (κ1) is 14.7. The van der Waals surface area contributed by atoms with E-state index < -0.39 is 0 Å². The van der Waals surface area contributed by atoms with Crippen molar-refractivity contribution in [3.63, 3.8) is 0 Å². The standard InChI is InChI=1S/C17H16ClNO3/c1-11(12-3-2-4-14(18)9-12)19-17(20)13-5-6-15-16(10-13)22-8-7-21-15/h2-6,9-11H,7-8H2,1H3,(H,19,20). The lowest BCUT2D eigenvalue weighted by Crippen LogP contribution is -2.27. The van der Waals surface area contributed by atoms with Gasteiger partial charge in [0.05, 0.1) is 6.04 Å². The molecule has 1 heterocycles. The molecule has 1 aliphatic rings. The molecule has 1 unspecified atom stereocenters. The Kier molecular flexibility index (Phi) is 4.20. The maximum Gasteiger partial charge on any atom is 0.251 e. The largest absolute Gasteiger partial charge is 0.486 e. The van der Waals surface area contributed by atoms with Gasteiger partial charge in [0.2, 0.25) is 0 Å². The third kappa shape index (κ3) is 3.17. The van der Waals surface area contributed by atoms with Crippen molar-refractivity contribution in [2.24, 2.45) is 0 Å². The highest BCUT2D eigenvalue weighted by Crippen LogP contribution is 2.30. The number of hydrogen-bond acceptors (Lipinski definition) is 3. The SMILES string of the molecule is CC(NC(=O)c1ccc2c(c1)OCCO2)c1cccc(Cl)c1. The first-order valence-electron chi connectivity index (χ1n) is 7.09. The van der Waals surface area contributed by atoms with E-state index in [-0.39, 0.29) is 11.9 Å². The molecule has 0 fully saturated rings. The molecule has 1 atom stereocenters. The van der Waals surface area contributed by atoms with Crippen molar-refractivity contribution in [1.82, 2.24) is 5.32 Å². The lowest BCUT2D eigenvalue weighted by atomic mass is 10.1. The molecule has 2 aromatic rings. The zero-order valence-electron chi connectivity index (χ0n) is 12.1. The number of carbonyl (C=O) groups is 1. The van der Waals surface area contributed by atoms with Crippen molar-refractivity contribution in [1.29, 1.82) is 0 Å². The number of amides is 1. The molecule has 1 aliphatic heterocycles. The second-order valence-electron chi connectivity index (χ2n) is 5.11. The molecule has 0 saturated carbocycles. The molecule has 4 nitrogen and oxygen atoms in total. The molecule has 22 heavy (non-hydrogen) atoms. The van der Waals surface area contributed by atoms with E-state index in [1.54, 1.807) is 24.3 Å². The fraction of sp³-hybridized carbons (Fsp3) is 0.235. The molecule has 1 N–H and O–H groups in total. The fourth-order valence-corrected chi connectivity index (χ4v) is 2.52. The molecular weight excluding hydrogens is 302 g/mol. The van der Waals surface area contributed by atoms with Crippen LogP contribution in [0.15, 0.2) is 42.5 Å². The second kappa shape index (κ2) is 6.28. The van der Waals surface area contributed by atoms with Gasteiger partial charge in [-0.05, 0) is 42.8 Å². The van der Waals surface area contributed by atoms with Crippen molar-refractivity contribution in [3.8, 4) is 11.5 Å². The highest BCUT2D eigenvalue weighted by Gasteiger charge is 2.16. The molecule has 0 bridgehead atoms. The summed E-state index contributed by atoms with van der Waals surface area (Å²) in [4.78, 5) is 12.4. The summed E-state index contributed by atoms with van der Waals surface area (Å²) in [7, 11) is 0. The van der Waals surface area contributed by atoms with E-state index in [0.717, 1.165) is 5.56 Å². The minimum atomic E-state index is -0.163. The van der Waals surface area contributed by atoms with Crippen molar-refractivity contribution in [2.45, 2.75) is 13.0 Å². The van der Waals surface area contributed by atoms with E-state index in [1.165, 1.54) is 0 Å². The zero-order chi connectivity index (χ0) is 15.5. The summed E-state index contributed by atoms with van der Waals surface area (Å²) >= 11 is 5.98. The quantitative estimate of drug-likeness (QED) is 0.941. The predicted molar refractivity (Wildman–Crippen MR) is 84.8 cm³/mol. The topological polar surface area (TPSA) is 47.6 Å². The average Bonchev–Trinajstić information content (AvgIpc) is 2.54. The maximum absolute atomic E-state index is 12.4. The van der Waals surface area contributed by atoms with Crippen LogP contribution in [0.5, 0.6) is 11.5 Å². The maximum atomic E-state index is 12.4. The van der Waals surface area contributed by atoms with Gasteiger partial charge in [-0.1, -0.05) is 23.7 Å². The Hall–Kier alpha value is -2.20. The van der Waals surface area contributed by atoms with Crippen LogP contribution in [0.25, 0.3) is 0 Å². The average molecular weight is 318 g/mol. The van der Waals surface area contributed by atoms with Crippen molar-refractivity contribution in [3.05, 3.63) is 58.6 Å². The van der Waals surface area contributed by atoms with Gasteiger partial charge < -0.3 is 14.8 Å². The molecule has 0 saturated heterocycles. The summed E-state index contributed by atoms with van der Waals surface area (Å²) in [6.45, 7) is 2.95. The van der Waals surface area contributed by atoms with E-state index in [1.807, 2.05) is 25.1 Å². The summed E-state index contributed by atoms with van der Waals surface area (Å²) < 4.78 is 10.9. The Morgan fingerprint density at radius 2 is 1.91 bits per heavy atom. The van der Waals surface area contributed by atoms with E-state index in [4.69, 9.17) is 21.1 Å². The molecule has 0 aliphatic carbocycles. The van der Waals surface area contributed by atoms with Crippen molar-refractivity contribution >= 4 is 17.5 Å². The second-order valence-corrected chi connectivity index (χ2v) is 5.55. The number of benzene rings is 2. The third-order valence-electron chi connectivity index (χ3n) is 3.50. The van der Waals surface area contributed by atoms with Crippen LogP contribution in [0.2, 0.25) is 5.02 Å². The summed E-state index contributed by atoms with van der Waals surface area (Å²) in [6, 6.07) is 12.5. The molecule has 5 heteroatoms. The summed E-state index contributed by atoms with van der Waals surface area (Å²) in [5, 5.41) is 3.60. The van der Waals surface area contributed by atoms with Crippen LogP contribution < -0.4 is 14.8 Å².